The summed E-state index contributed by atoms with van der Waals surface area (Å²) >= 11 is 0. The van der Waals surface area contributed by atoms with Crippen molar-refractivity contribution in [1.82, 2.24) is 25.2 Å². The maximum Gasteiger partial charge on any atom is 0.408 e. The number of carbonyl (C=O) groups excluding carboxylic acids is 4. The molecule has 2 heterocycles. The topological polar surface area (TPSA) is 182 Å². The lowest BCUT2D eigenvalue weighted by Crippen LogP contribution is -2.60. The highest BCUT2D eigenvalue weighted by atomic mass is 32.2. The number of likely N-dealkylation sites (tertiary alicyclic amines) is 1. The summed E-state index contributed by atoms with van der Waals surface area (Å²) in [7, 11) is -3.92. The van der Waals surface area contributed by atoms with Gasteiger partial charge in [0.25, 0.3) is 5.91 Å². The predicted molar refractivity (Wildman–Crippen MR) is 205 cm³/mol. The molecule has 4 amide bonds. The first-order valence-electron chi connectivity index (χ1n) is 18.6. The fourth-order valence-electron chi connectivity index (χ4n) is 6.92. The number of alkyl carbamates (subject to hydrolysis) is 1. The number of benzene rings is 2. The van der Waals surface area contributed by atoms with Gasteiger partial charge in [-0.2, -0.15) is 0 Å². The lowest BCUT2D eigenvalue weighted by molar-refractivity contribution is -0.143. The van der Waals surface area contributed by atoms with Crippen molar-refractivity contribution in [2.75, 3.05) is 13.2 Å². The van der Waals surface area contributed by atoms with Crippen molar-refractivity contribution in [3.63, 3.8) is 0 Å². The van der Waals surface area contributed by atoms with E-state index in [4.69, 9.17) is 19.2 Å². The maximum atomic E-state index is 14.6. The molecule has 3 aromatic rings. The number of fused-ring (bicyclic) bond motifs is 1. The minimum absolute atomic E-state index is 0.0118. The lowest BCUT2D eigenvalue weighted by atomic mass is 10.1. The Bertz CT molecular complexity index is 2070. The van der Waals surface area contributed by atoms with Gasteiger partial charge in [-0.05, 0) is 71.4 Å². The summed E-state index contributed by atoms with van der Waals surface area (Å²) in [5.41, 5.74) is -0.907. The molecule has 6 rings (SSSR count). The molecule has 0 unspecified atom stereocenters. The Morgan fingerprint density at radius 2 is 1.76 bits per heavy atom. The molecule has 2 aliphatic carbocycles. The highest BCUT2D eigenvalue weighted by Crippen LogP contribution is 2.45. The van der Waals surface area contributed by atoms with Gasteiger partial charge in [0.15, 0.2) is 0 Å². The summed E-state index contributed by atoms with van der Waals surface area (Å²) in [6.07, 6.45) is 0.0610. The molecular formula is C40H49N5O9S. The minimum atomic E-state index is -3.92. The Morgan fingerprint density at radius 3 is 2.40 bits per heavy atom. The zero-order valence-electron chi connectivity index (χ0n) is 31.7. The van der Waals surface area contributed by atoms with Crippen molar-refractivity contribution in [3.05, 3.63) is 73.3 Å². The van der Waals surface area contributed by atoms with E-state index in [0.717, 1.165) is 16.3 Å². The molecule has 0 spiro atoms. The number of nitrogens with zero attached hydrogens (tertiary/aromatic N) is 2. The third kappa shape index (κ3) is 8.94. The number of sulfonamides is 1. The molecule has 1 aliphatic heterocycles. The number of pyridine rings is 1. The van der Waals surface area contributed by atoms with Crippen molar-refractivity contribution >= 4 is 44.6 Å². The fraction of sp³-hybridized carbons (Fsp3) is 0.475. The molecule has 3 aliphatic rings. The van der Waals surface area contributed by atoms with Crippen LogP contribution >= 0.6 is 0 Å². The maximum absolute atomic E-state index is 14.6. The van der Waals surface area contributed by atoms with Crippen molar-refractivity contribution in [3.8, 4) is 17.1 Å². The van der Waals surface area contributed by atoms with Crippen molar-refractivity contribution < 1.29 is 41.8 Å². The summed E-state index contributed by atoms with van der Waals surface area (Å²) in [6, 6.07) is 16.7. The van der Waals surface area contributed by atoms with Crippen LogP contribution in [0.4, 0.5) is 4.79 Å². The predicted octanol–water partition coefficient (Wildman–Crippen LogP) is 4.24. The van der Waals surface area contributed by atoms with Gasteiger partial charge in [-0.15, -0.1) is 6.58 Å². The Balaban J connectivity index is 1.33. The van der Waals surface area contributed by atoms with Gasteiger partial charge in [0, 0.05) is 29.9 Å². The second-order valence-electron chi connectivity index (χ2n) is 15.3. The average Bonchev–Trinajstić information content (AvgIpc) is 4.07. The van der Waals surface area contributed by atoms with E-state index < -0.39 is 80.4 Å². The number of carbonyl (C=O) groups is 4. The van der Waals surface area contributed by atoms with Crippen LogP contribution in [0.25, 0.3) is 22.0 Å². The van der Waals surface area contributed by atoms with Crippen LogP contribution < -0.4 is 20.1 Å². The van der Waals surface area contributed by atoms with E-state index in [1.807, 2.05) is 60.7 Å². The van der Waals surface area contributed by atoms with Gasteiger partial charge in [-0.1, -0.05) is 54.6 Å². The monoisotopic (exact) mass is 775 g/mol. The molecule has 55 heavy (non-hydrogen) atoms. The van der Waals surface area contributed by atoms with Gasteiger partial charge in [0.05, 0.1) is 23.6 Å². The Morgan fingerprint density at radius 1 is 1.07 bits per heavy atom. The van der Waals surface area contributed by atoms with Crippen LogP contribution in [0.2, 0.25) is 0 Å². The average molecular weight is 776 g/mol. The molecule has 14 nitrogen and oxygen atoms in total. The van der Waals surface area contributed by atoms with Gasteiger partial charge >= 0.3 is 6.09 Å². The molecule has 15 heteroatoms. The number of rotatable bonds is 14. The van der Waals surface area contributed by atoms with Crippen molar-refractivity contribution in [1.29, 1.82) is 0 Å². The van der Waals surface area contributed by atoms with E-state index in [2.05, 4.69) is 21.9 Å². The highest BCUT2D eigenvalue weighted by Gasteiger charge is 2.62. The molecule has 1 saturated heterocycles. The van der Waals surface area contributed by atoms with Crippen LogP contribution in [-0.4, -0.2) is 95.9 Å². The van der Waals surface area contributed by atoms with E-state index in [9.17, 15) is 27.6 Å². The normalized spacial score (nSPS) is 23.3. The Kier molecular flexibility index (Phi) is 11.3. The van der Waals surface area contributed by atoms with Crippen molar-refractivity contribution in [2.24, 2.45) is 5.92 Å². The van der Waals surface area contributed by atoms with E-state index in [0.29, 0.717) is 24.4 Å². The SMILES string of the molecule is C=C[C@@H]1C[C@]1(NC(=O)[C@@H]1C[C@@H](Oc2nc(-c3ccccc3)cc3ccccc23)CN1C(=O)[C@@H](NC(=O)OC(C)(C)C)[C@H](C)OCC)C(=O)NS(=O)(=O)C1CC1. The van der Waals surface area contributed by atoms with E-state index in [1.165, 1.54) is 11.0 Å². The lowest BCUT2D eigenvalue weighted by Gasteiger charge is -2.32. The van der Waals surface area contributed by atoms with E-state index in [-0.39, 0.29) is 26.0 Å². The van der Waals surface area contributed by atoms with Gasteiger partial charge in [0.1, 0.15) is 29.3 Å². The molecular weight excluding hydrogens is 727 g/mol. The second-order valence-corrected chi connectivity index (χ2v) is 17.3. The number of hydrogen-bond donors (Lipinski definition) is 3. The first-order chi connectivity index (χ1) is 26.0. The number of hydrogen-bond acceptors (Lipinski definition) is 10. The molecule has 2 saturated carbocycles. The van der Waals surface area contributed by atoms with Crippen LogP contribution in [0.1, 0.15) is 60.3 Å². The smallest absolute Gasteiger partial charge is 0.408 e. The molecule has 3 N–H and O–H groups in total. The van der Waals surface area contributed by atoms with E-state index in [1.54, 1.807) is 34.6 Å². The number of amides is 4. The largest absolute Gasteiger partial charge is 0.472 e. The van der Waals surface area contributed by atoms with Crippen molar-refractivity contribution in [2.45, 2.75) is 101 Å². The summed E-state index contributed by atoms with van der Waals surface area (Å²) in [5.74, 6) is -2.43. The van der Waals surface area contributed by atoms with Crippen LogP contribution in [0.5, 0.6) is 5.88 Å². The molecule has 3 fully saturated rings. The third-order valence-electron chi connectivity index (χ3n) is 9.99. The van der Waals surface area contributed by atoms with Gasteiger partial charge in [0.2, 0.25) is 27.7 Å². The van der Waals surface area contributed by atoms with E-state index >= 15 is 0 Å². The fourth-order valence-corrected chi connectivity index (χ4v) is 8.28. The molecule has 0 radical (unpaired) electrons. The molecule has 6 atom stereocenters. The summed E-state index contributed by atoms with van der Waals surface area (Å²) in [4.78, 5) is 61.7. The Labute approximate surface area is 321 Å². The first kappa shape index (κ1) is 39.7. The first-order valence-corrected chi connectivity index (χ1v) is 20.1. The molecule has 294 valence electrons. The second kappa shape index (κ2) is 15.6. The summed E-state index contributed by atoms with van der Waals surface area (Å²) < 4.78 is 45.5. The number of aromatic nitrogens is 1. The van der Waals surface area contributed by atoms with Gasteiger partial charge < -0.3 is 29.7 Å². The minimum Gasteiger partial charge on any atom is -0.472 e. The molecule has 0 bridgehead atoms. The summed E-state index contributed by atoms with van der Waals surface area (Å²) in [6.45, 7) is 12.4. The zero-order valence-corrected chi connectivity index (χ0v) is 32.6. The number of ether oxygens (including phenoxy) is 3. The Hall–Kier alpha value is -5.02. The highest BCUT2D eigenvalue weighted by molar-refractivity contribution is 7.91. The standard InChI is InChI=1S/C40H49N5O9S/c1-7-27-22-40(27,37(48)44-55(50,51)29-18-19-29)43-34(46)32-21-28(23-45(32)36(47)33(24(3)52-8-2)42-38(49)54-39(4,5)6)53-35-30-17-13-12-16-26(30)20-31(41-35)25-14-10-9-11-15-25/h7,9-17,20,24,27-29,32-33H,1,8,18-19,21-23H2,2-6H3,(H,42,49)(H,43,46)(H,44,48)/t24-,27+,28+,32-,33-,40+/m0/s1. The van der Waals surface area contributed by atoms with Crippen LogP contribution in [0.15, 0.2) is 73.3 Å². The van der Waals surface area contributed by atoms with Crippen LogP contribution in [-0.2, 0) is 33.9 Å². The molecule has 2 aromatic carbocycles. The van der Waals surface area contributed by atoms with Gasteiger partial charge in [-0.3, -0.25) is 19.1 Å². The van der Waals surface area contributed by atoms with Crippen LogP contribution in [0, 0.1) is 5.92 Å². The summed E-state index contributed by atoms with van der Waals surface area (Å²) in [5, 5.41) is 6.37. The quantitative estimate of drug-likeness (QED) is 0.201. The number of nitrogens with one attached hydrogen (secondary N) is 3. The van der Waals surface area contributed by atoms with Gasteiger partial charge in [-0.25, -0.2) is 18.2 Å². The zero-order chi connectivity index (χ0) is 39.7. The van der Waals surface area contributed by atoms with Crippen LogP contribution in [0.3, 0.4) is 0 Å². The third-order valence-corrected chi connectivity index (χ3v) is 11.8. The molecule has 1 aromatic heterocycles.